The van der Waals surface area contributed by atoms with Crippen molar-refractivity contribution in [3.63, 3.8) is 0 Å². The molecule has 1 saturated carbocycles. The van der Waals surface area contributed by atoms with E-state index in [1.807, 2.05) is 20.8 Å². The van der Waals surface area contributed by atoms with Crippen LogP contribution in [0, 0.1) is 22.7 Å². The van der Waals surface area contributed by atoms with E-state index < -0.39 is 64.3 Å². The summed E-state index contributed by atoms with van der Waals surface area (Å²) in [5, 5.41) is 0. The lowest BCUT2D eigenvalue weighted by atomic mass is 9.47. The first-order valence-electron chi connectivity index (χ1n) is 12.9. The Kier molecular flexibility index (Phi) is 7.68. The summed E-state index contributed by atoms with van der Waals surface area (Å²) in [5.74, 6) is -3.88. The monoisotopic (exact) mass is 502 g/mol. The van der Waals surface area contributed by atoms with Gasteiger partial charge in [0.15, 0.2) is 17.6 Å². The van der Waals surface area contributed by atoms with Crippen LogP contribution in [0.1, 0.15) is 87.5 Å². The molecular formula is C28H38O8. The predicted octanol–water partition coefficient (Wildman–Crippen LogP) is 4.40. The first kappa shape index (κ1) is 27.8. The number of ether oxygens (including phenoxy) is 3. The summed E-state index contributed by atoms with van der Waals surface area (Å²) >= 11 is 0. The van der Waals surface area contributed by atoms with Gasteiger partial charge in [0.05, 0.1) is 5.57 Å². The van der Waals surface area contributed by atoms with E-state index >= 15 is 0 Å². The van der Waals surface area contributed by atoms with Crippen LogP contribution in [-0.4, -0.2) is 41.7 Å². The van der Waals surface area contributed by atoms with Crippen LogP contribution in [0.3, 0.4) is 0 Å². The van der Waals surface area contributed by atoms with Gasteiger partial charge in [-0.2, -0.15) is 0 Å². The summed E-state index contributed by atoms with van der Waals surface area (Å²) in [6.45, 7) is 14.0. The standard InChI is InChI=1S/C28H38O8/c1-9-16(30)35-23-18(14(3)4)21(32)19-20(22(23)33)28(8)13-11-12-27(6,7)26(28)25(36-17(31)10-2)24(19)34-15(5)29/h14,24-26H,9-13H2,1-8H3/t24?,25-,26+,28-/m1/s1. The summed E-state index contributed by atoms with van der Waals surface area (Å²) in [7, 11) is 0. The Morgan fingerprint density at radius 3 is 2.08 bits per heavy atom. The Hall–Kier alpha value is -2.77. The smallest absolute Gasteiger partial charge is 0.311 e. The average molecular weight is 503 g/mol. The van der Waals surface area contributed by atoms with Crippen molar-refractivity contribution in [2.75, 3.05) is 0 Å². The van der Waals surface area contributed by atoms with Crippen LogP contribution >= 0.6 is 0 Å². The van der Waals surface area contributed by atoms with Crippen LogP contribution in [0.15, 0.2) is 22.5 Å². The van der Waals surface area contributed by atoms with Crippen LogP contribution in [0.25, 0.3) is 0 Å². The molecule has 3 aliphatic carbocycles. The Morgan fingerprint density at radius 1 is 0.944 bits per heavy atom. The van der Waals surface area contributed by atoms with Gasteiger partial charge in [-0.25, -0.2) is 0 Å². The predicted molar refractivity (Wildman–Crippen MR) is 130 cm³/mol. The second-order valence-electron chi connectivity index (χ2n) is 11.2. The topological polar surface area (TPSA) is 113 Å². The van der Waals surface area contributed by atoms with Gasteiger partial charge in [-0.3, -0.25) is 24.0 Å². The zero-order chi connectivity index (χ0) is 27.2. The third-order valence-electron chi connectivity index (χ3n) is 7.90. The lowest BCUT2D eigenvalue weighted by molar-refractivity contribution is -0.187. The van der Waals surface area contributed by atoms with Crippen LogP contribution in [0.5, 0.6) is 0 Å². The minimum absolute atomic E-state index is 0.0420. The fraction of sp³-hybridized carbons (Fsp3) is 0.679. The van der Waals surface area contributed by atoms with Crippen LogP contribution in [0.4, 0.5) is 0 Å². The van der Waals surface area contributed by atoms with E-state index in [-0.39, 0.29) is 35.3 Å². The van der Waals surface area contributed by atoms with Crippen molar-refractivity contribution in [2.24, 2.45) is 22.7 Å². The maximum atomic E-state index is 14.2. The summed E-state index contributed by atoms with van der Waals surface area (Å²) in [5.41, 5.74) is -0.959. The van der Waals surface area contributed by atoms with E-state index in [4.69, 9.17) is 14.2 Å². The van der Waals surface area contributed by atoms with Gasteiger partial charge in [0.1, 0.15) is 6.10 Å². The molecule has 0 spiro atoms. The maximum Gasteiger partial charge on any atom is 0.311 e. The summed E-state index contributed by atoms with van der Waals surface area (Å²) < 4.78 is 17.2. The number of hydrogen-bond acceptors (Lipinski definition) is 8. The Morgan fingerprint density at radius 2 is 1.56 bits per heavy atom. The fourth-order valence-corrected chi connectivity index (χ4v) is 6.55. The Labute approximate surface area is 212 Å². The normalized spacial score (nSPS) is 29.5. The third kappa shape index (κ3) is 4.55. The van der Waals surface area contributed by atoms with Crippen molar-refractivity contribution < 1.29 is 38.2 Å². The van der Waals surface area contributed by atoms with Crippen molar-refractivity contribution in [1.82, 2.24) is 0 Å². The van der Waals surface area contributed by atoms with Gasteiger partial charge in [0.2, 0.25) is 5.78 Å². The first-order chi connectivity index (χ1) is 16.7. The minimum atomic E-state index is -1.24. The lowest BCUT2D eigenvalue weighted by Crippen LogP contribution is -2.61. The van der Waals surface area contributed by atoms with Crippen molar-refractivity contribution in [3.8, 4) is 0 Å². The number of allylic oxidation sites excluding steroid dienone is 2. The molecule has 36 heavy (non-hydrogen) atoms. The molecule has 0 N–H and O–H groups in total. The van der Waals surface area contributed by atoms with E-state index in [9.17, 15) is 24.0 Å². The highest BCUT2D eigenvalue weighted by Crippen LogP contribution is 2.62. The second kappa shape index (κ2) is 9.94. The molecule has 0 heterocycles. The molecule has 0 aromatic heterocycles. The Bertz CT molecular complexity index is 1060. The fourth-order valence-electron chi connectivity index (χ4n) is 6.55. The van der Waals surface area contributed by atoms with Crippen LogP contribution < -0.4 is 0 Å². The van der Waals surface area contributed by atoms with E-state index in [1.54, 1.807) is 27.7 Å². The molecule has 0 amide bonds. The Balaban J connectivity index is 2.36. The summed E-state index contributed by atoms with van der Waals surface area (Å²) in [6.07, 6.45) is 0.131. The molecule has 0 aliphatic heterocycles. The van der Waals surface area contributed by atoms with Crippen molar-refractivity contribution >= 4 is 29.5 Å². The average Bonchev–Trinajstić information content (AvgIpc) is 2.77. The molecule has 0 aromatic carbocycles. The molecule has 0 radical (unpaired) electrons. The van der Waals surface area contributed by atoms with Gasteiger partial charge < -0.3 is 14.2 Å². The highest BCUT2D eigenvalue weighted by molar-refractivity contribution is 6.26. The molecule has 3 aliphatic rings. The molecule has 8 nitrogen and oxygen atoms in total. The number of Topliss-reactive ketones (excluding diaryl/α,β-unsaturated/α-hetero) is 2. The quantitative estimate of drug-likeness (QED) is 0.298. The van der Waals surface area contributed by atoms with Gasteiger partial charge >= 0.3 is 17.9 Å². The number of rotatable bonds is 6. The molecule has 0 aromatic rings. The summed E-state index contributed by atoms with van der Waals surface area (Å²) in [4.78, 5) is 65.4. The molecule has 1 fully saturated rings. The zero-order valence-electron chi connectivity index (χ0n) is 22.6. The number of carbonyl (C=O) groups is 5. The first-order valence-corrected chi connectivity index (χ1v) is 12.9. The van der Waals surface area contributed by atoms with Gasteiger partial charge in [-0.1, -0.05) is 54.9 Å². The molecule has 3 rings (SSSR count). The third-order valence-corrected chi connectivity index (χ3v) is 7.90. The minimum Gasteiger partial charge on any atom is -0.458 e. The second-order valence-corrected chi connectivity index (χ2v) is 11.2. The highest BCUT2D eigenvalue weighted by Gasteiger charge is 2.64. The van der Waals surface area contributed by atoms with Gasteiger partial charge in [0, 0.05) is 42.2 Å². The number of esters is 3. The van der Waals surface area contributed by atoms with E-state index in [2.05, 4.69) is 0 Å². The molecule has 8 heteroatoms. The molecule has 4 atom stereocenters. The van der Waals surface area contributed by atoms with Gasteiger partial charge in [0.25, 0.3) is 0 Å². The molecule has 198 valence electrons. The van der Waals surface area contributed by atoms with Gasteiger partial charge in [-0.15, -0.1) is 0 Å². The number of carbonyl (C=O) groups excluding carboxylic acids is 5. The zero-order valence-corrected chi connectivity index (χ0v) is 22.6. The number of fused-ring (bicyclic) bond motifs is 2. The molecule has 0 saturated heterocycles. The van der Waals surface area contributed by atoms with E-state index in [1.165, 1.54) is 6.92 Å². The van der Waals surface area contributed by atoms with E-state index in [0.29, 0.717) is 6.42 Å². The number of ketones is 2. The van der Waals surface area contributed by atoms with E-state index in [0.717, 1.165) is 12.8 Å². The van der Waals surface area contributed by atoms with Crippen molar-refractivity contribution in [3.05, 3.63) is 22.5 Å². The number of hydrogen-bond donors (Lipinski definition) is 0. The molecular weight excluding hydrogens is 464 g/mol. The molecule has 0 bridgehead atoms. The van der Waals surface area contributed by atoms with Crippen molar-refractivity contribution in [1.29, 1.82) is 0 Å². The molecule has 1 unspecified atom stereocenters. The van der Waals surface area contributed by atoms with Crippen molar-refractivity contribution in [2.45, 2.75) is 99.7 Å². The van der Waals surface area contributed by atoms with Gasteiger partial charge in [-0.05, 0) is 24.2 Å². The largest absolute Gasteiger partial charge is 0.458 e. The van der Waals surface area contributed by atoms with Crippen LogP contribution in [-0.2, 0) is 38.2 Å². The lowest BCUT2D eigenvalue weighted by Gasteiger charge is -2.58. The highest BCUT2D eigenvalue weighted by atomic mass is 16.6. The van der Waals surface area contributed by atoms with Crippen LogP contribution in [0.2, 0.25) is 0 Å². The SMILES string of the molecule is CCC(=O)OC1=C(C(C)C)C(=O)C2=C(C1=O)[C@@]1(C)CCCC(C)(C)[C@@H]1[C@H](OC(=O)CC)C2OC(C)=O. The summed E-state index contributed by atoms with van der Waals surface area (Å²) in [6, 6.07) is 0. The maximum absolute atomic E-state index is 14.2.